The van der Waals surface area contributed by atoms with Crippen molar-refractivity contribution in [1.29, 1.82) is 0 Å². The number of carbonyl (C=O) groups is 2. The first kappa shape index (κ1) is 18.4. The Morgan fingerprint density at radius 2 is 1.89 bits per heavy atom. The number of ketones is 1. The number of amides is 1. The van der Waals surface area contributed by atoms with Crippen molar-refractivity contribution in [2.24, 2.45) is 0 Å². The highest BCUT2D eigenvalue weighted by atomic mass is 35.5. The molecule has 2 aromatic carbocycles. The van der Waals surface area contributed by atoms with E-state index < -0.39 is 10.5 Å². The number of rotatable bonds is 2. The summed E-state index contributed by atoms with van der Waals surface area (Å²) < 4.78 is 6.17. The first-order chi connectivity index (χ1) is 13.4. The van der Waals surface area contributed by atoms with Gasteiger partial charge >= 0.3 is 0 Å². The molecule has 0 atom stereocenters. The van der Waals surface area contributed by atoms with E-state index in [9.17, 15) is 19.7 Å². The Morgan fingerprint density at radius 3 is 2.61 bits per heavy atom. The van der Waals surface area contributed by atoms with Crippen LogP contribution < -0.4 is 4.74 Å². The van der Waals surface area contributed by atoms with Gasteiger partial charge in [-0.25, -0.2) is 0 Å². The number of nitro benzene ring substituents is 1. The Kier molecular flexibility index (Phi) is 4.55. The third-order valence-corrected chi connectivity index (χ3v) is 5.67. The number of nitrogens with zero attached hydrogens (tertiary/aromatic N) is 2. The summed E-state index contributed by atoms with van der Waals surface area (Å²) in [5.41, 5.74) is -0.0780. The molecule has 0 bridgehead atoms. The van der Waals surface area contributed by atoms with E-state index in [4.69, 9.17) is 16.3 Å². The fourth-order valence-electron chi connectivity index (χ4n) is 3.81. The van der Waals surface area contributed by atoms with Crippen molar-refractivity contribution in [3.63, 3.8) is 0 Å². The number of halogens is 1. The molecule has 0 N–H and O–H groups in total. The highest BCUT2D eigenvalue weighted by Gasteiger charge is 2.43. The summed E-state index contributed by atoms with van der Waals surface area (Å²) >= 11 is 5.82. The number of para-hydroxylation sites is 1. The van der Waals surface area contributed by atoms with Crippen LogP contribution in [0, 0.1) is 10.1 Å². The number of hydrogen-bond acceptors (Lipinski definition) is 5. The summed E-state index contributed by atoms with van der Waals surface area (Å²) in [6.45, 7) is 0.815. The number of Topliss-reactive ketones (excluding diaryl/α,β-unsaturated/α-hetero) is 1. The number of nitro groups is 1. The standard InChI is InChI=1S/C20H17ClN2O5/c21-15-6-5-13(11-16(15)23(26)27)19(25)22-9-7-20(8-10-22)12-17(24)14-3-1-2-4-18(14)28-20/h1-6,11H,7-10,12H2. The van der Waals surface area contributed by atoms with Crippen molar-refractivity contribution in [3.8, 4) is 5.75 Å². The molecule has 0 unspecified atom stereocenters. The Balaban J connectivity index is 1.49. The van der Waals surface area contributed by atoms with Crippen molar-refractivity contribution in [2.45, 2.75) is 24.9 Å². The van der Waals surface area contributed by atoms with Crippen LogP contribution in [0.3, 0.4) is 0 Å². The summed E-state index contributed by atoms with van der Waals surface area (Å²) in [6, 6.07) is 11.2. The zero-order valence-electron chi connectivity index (χ0n) is 14.9. The van der Waals surface area contributed by atoms with E-state index in [0.29, 0.717) is 43.7 Å². The molecule has 7 nitrogen and oxygen atoms in total. The topological polar surface area (TPSA) is 89.8 Å². The van der Waals surface area contributed by atoms with Crippen LogP contribution in [0.15, 0.2) is 42.5 Å². The summed E-state index contributed by atoms with van der Waals surface area (Å²) in [5.74, 6) is 0.346. The monoisotopic (exact) mass is 400 g/mol. The molecule has 4 rings (SSSR count). The molecule has 1 amide bonds. The van der Waals surface area contributed by atoms with Crippen molar-refractivity contribution in [1.82, 2.24) is 4.90 Å². The predicted octanol–water partition coefficient (Wildman–Crippen LogP) is 3.89. The third kappa shape index (κ3) is 3.22. The van der Waals surface area contributed by atoms with Crippen LogP contribution in [0.2, 0.25) is 5.02 Å². The van der Waals surface area contributed by atoms with Gasteiger partial charge in [0.25, 0.3) is 11.6 Å². The average Bonchev–Trinajstić information content (AvgIpc) is 2.68. The van der Waals surface area contributed by atoms with E-state index in [0.717, 1.165) is 0 Å². The van der Waals surface area contributed by atoms with E-state index in [2.05, 4.69) is 0 Å². The summed E-state index contributed by atoms with van der Waals surface area (Å²) in [7, 11) is 0. The molecule has 28 heavy (non-hydrogen) atoms. The fourth-order valence-corrected chi connectivity index (χ4v) is 3.99. The van der Waals surface area contributed by atoms with Gasteiger partial charge in [-0.05, 0) is 24.3 Å². The van der Waals surface area contributed by atoms with Crippen LogP contribution in [0.25, 0.3) is 0 Å². The molecule has 8 heteroatoms. The second-order valence-electron chi connectivity index (χ2n) is 7.10. The quantitative estimate of drug-likeness (QED) is 0.563. The molecular formula is C20H17ClN2O5. The highest BCUT2D eigenvalue weighted by molar-refractivity contribution is 6.32. The van der Waals surface area contributed by atoms with Gasteiger partial charge in [0.1, 0.15) is 16.4 Å². The second kappa shape index (κ2) is 6.91. The number of benzene rings is 2. The molecule has 144 valence electrons. The predicted molar refractivity (Wildman–Crippen MR) is 102 cm³/mol. The molecule has 1 spiro atoms. The molecule has 2 aliphatic rings. The average molecular weight is 401 g/mol. The molecule has 2 aromatic rings. The molecule has 0 aliphatic carbocycles. The normalized spacial score (nSPS) is 17.8. The van der Waals surface area contributed by atoms with Crippen molar-refractivity contribution >= 4 is 29.0 Å². The maximum absolute atomic E-state index is 12.8. The van der Waals surface area contributed by atoms with Crippen LogP contribution >= 0.6 is 11.6 Å². The van der Waals surface area contributed by atoms with Crippen molar-refractivity contribution < 1.29 is 19.2 Å². The van der Waals surface area contributed by atoms with Crippen molar-refractivity contribution in [3.05, 3.63) is 68.7 Å². The number of hydrogen-bond donors (Lipinski definition) is 0. The lowest BCUT2D eigenvalue weighted by Gasteiger charge is -2.43. The van der Waals surface area contributed by atoms with Gasteiger partial charge in [0, 0.05) is 37.6 Å². The van der Waals surface area contributed by atoms with Crippen LogP contribution in [-0.2, 0) is 0 Å². The first-order valence-corrected chi connectivity index (χ1v) is 9.31. The molecular weight excluding hydrogens is 384 g/mol. The van der Waals surface area contributed by atoms with Crippen LogP contribution in [-0.4, -0.2) is 40.2 Å². The minimum absolute atomic E-state index is 0.00747. The Morgan fingerprint density at radius 1 is 1.18 bits per heavy atom. The second-order valence-corrected chi connectivity index (χ2v) is 7.50. The zero-order chi connectivity index (χ0) is 19.9. The van der Waals surface area contributed by atoms with E-state index in [1.54, 1.807) is 17.0 Å². The van der Waals surface area contributed by atoms with E-state index in [1.165, 1.54) is 18.2 Å². The van der Waals surface area contributed by atoms with Gasteiger partial charge < -0.3 is 9.64 Å². The molecule has 2 aliphatic heterocycles. The number of likely N-dealkylation sites (tertiary alicyclic amines) is 1. The maximum atomic E-state index is 12.8. The number of piperidine rings is 1. The molecule has 1 fully saturated rings. The molecule has 0 radical (unpaired) electrons. The smallest absolute Gasteiger partial charge is 0.288 e. The van der Waals surface area contributed by atoms with Gasteiger partial charge in [0.05, 0.1) is 16.9 Å². The highest BCUT2D eigenvalue weighted by Crippen LogP contribution is 2.39. The number of fused-ring (bicyclic) bond motifs is 1. The molecule has 1 saturated heterocycles. The first-order valence-electron chi connectivity index (χ1n) is 8.93. The van der Waals surface area contributed by atoms with E-state index in [-0.39, 0.29) is 28.0 Å². The van der Waals surface area contributed by atoms with Gasteiger partial charge in [-0.2, -0.15) is 0 Å². The lowest BCUT2D eigenvalue weighted by atomic mass is 9.82. The lowest BCUT2D eigenvalue weighted by molar-refractivity contribution is -0.384. The summed E-state index contributed by atoms with van der Waals surface area (Å²) in [4.78, 5) is 37.3. The zero-order valence-corrected chi connectivity index (χ0v) is 15.6. The van der Waals surface area contributed by atoms with E-state index >= 15 is 0 Å². The summed E-state index contributed by atoms with van der Waals surface area (Å²) in [5, 5.41) is 11.0. The Hall–Kier alpha value is -2.93. The van der Waals surface area contributed by atoms with Gasteiger partial charge in [0.2, 0.25) is 0 Å². The fraction of sp³-hybridized carbons (Fsp3) is 0.300. The number of carbonyl (C=O) groups excluding carboxylic acids is 2. The SMILES string of the molecule is O=C1CC2(CCN(C(=O)c3ccc(Cl)c([N+](=O)[O-])c3)CC2)Oc2ccccc21. The van der Waals surface area contributed by atoms with Crippen molar-refractivity contribution in [2.75, 3.05) is 13.1 Å². The summed E-state index contributed by atoms with van der Waals surface area (Å²) in [6.07, 6.45) is 1.33. The third-order valence-electron chi connectivity index (χ3n) is 5.35. The maximum Gasteiger partial charge on any atom is 0.288 e. The van der Waals surface area contributed by atoms with Gasteiger partial charge in [0.15, 0.2) is 5.78 Å². The van der Waals surface area contributed by atoms with Crippen LogP contribution in [0.1, 0.15) is 40.0 Å². The molecule has 0 saturated carbocycles. The van der Waals surface area contributed by atoms with Crippen LogP contribution in [0.4, 0.5) is 5.69 Å². The van der Waals surface area contributed by atoms with Gasteiger partial charge in [-0.1, -0.05) is 23.7 Å². The number of ether oxygens (including phenoxy) is 1. The van der Waals surface area contributed by atoms with Crippen LogP contribution in [0.5, 0.6) is 5.75 Å². The lowest BCUT2D eigenvalue weighted by Crippen LogP contribution is -2.52. The van der Waals surface area contributed by atoms with Gasteiger partial charge in [-0.15, -0.1) is 0 Å². The largest absolute Gasteiger partial charge is 0.486 e. The minimum Gasteiger partial charge on any atom is -0.486 e. The molecule has 2 heterocycles. The van der Waals surface area contributed by atoms with E-state index in [1.807, 2.05) is 12.1 Å². The van der Waals surface area contributed by atoms with Gasteiger partial charge in [-0.3, -0.25) is 19.7 Å². The Bertz CT molecular complexity index is 982. The molecule has 0 aromatic heterocycles. The Labute approximate surface area is 166 Å². The minimum atomic E-state index is -0.608.